The molecule has 0 aliphatic heterocycles. The fourth-order valence-electron chi connectivity index (χ4n) is 1.93. The second kappa shape index (κ2) is 6.50. The van der Waals surface area contributed by atoms with E-state index in [1.165, 1.54) is 18.2 Å². The molecule has 0 aliphatic carbocycles. The predicted octanol–water partition coefficient (Wildman–Crippen LogP) is 2.69. The van der Waals surface area contributed by atoms with Gasteiger partial charge in [0.25, 0.3) is 5.91 Å². The summed E-state index contributed by atoms with van der Waals surface area (Å²) in [7, 11) is 0. The third-order valence-corrected chi connectivity index (χ3v) is 2.80. The lowest BCUT2D eigenvalue weighted by Crippen LogP contribution is -2.35. The number of amides is 1. The van der Waals surface area contributed by atoms with Crippen LogP contribution in [0.1, 0.15) is 37.6 Å². The normalized spacial score (nSPS) is 12.8. The second-order valence-electron chi connectivity index (χ2n) is 6.02. The van der Waals surface area contributed by atoms with Crippen LogP contribution >= 0.6 is 0 Å². The van der Waals surface area contributed by atoms with Crippen molar-refractivity contribution in [2.45, 2.75) is 27.2 Å². The monoisotopic (exact) mass is 281 g/mol. The Hall–Kier alpha value is -1.91. The third kappa shape index (κ3) is 5.38. The number of halogens is 1. The molecule has 20 heavy (non-hydrogen) atoms. The van der Waals surface area contributed by atoms with E-state index in [2.05, 4.69) is 5.32 Å². The Bertz CT molecular complexity index is 494. The van der Waals surface area contributed by atoms with Gasteiger partial charge in [0.2, 0.25) is 0 Å². The molecule has 1 atom stereocenters. The zero-order chi connectivity index (χ0) is 15.3. The number of rotatable bonds is 5. The molecule has 0 spiro atoms. The number of carbonyl (C=O) groups excluding carboxylic acids is 1. The molecule has 1 rings (SSSR count). The van der Waals surface area contributed by atoms with Gasteiger partial charge in [0.05, 0.1) is 5.92 Å². The van der Waals surface area contributed by atoms with Gasteiger partial charge in [0.1, 0.15) is 5.82 Å². The highest BCUT2D eigenvalue weighted by Crippen LogP contribution is 2.24. The summed E-state index contributed by atoms with van der Waals surface area (Å²) < 4.78 is 13.0. The first-order valence-electron chi connectivity index (χ1n) is 6.45. The van der Waals surface area contributed by atoms with Crippen molar-refractivity contribution >= 4 is 11.9 Å². The lowest BCUT2D eigenvalue weighted by Gasteiger charge is -2.23. The average molecular weight is 281 g/mol. The van der Waals surface area contributed by atoms with Crippen molar-refractivity contribution in [3.63, 3.8) is 0 Å². The second-order valence-corrected chi connectivity index (χ2v) is 6.02. The Labute approximate surface area is 118 Å². The molecule has 2 N–H and O–H groups in total. The van der Waals surface area contributed by atoms with Crippen LogP contribution in [0.4, 0.5) is 4.39 Å². The standard InChI is InChI=1S/C15H20FNO3/c1-15(2,3)8-11(14(19)20)9-17-13(18)10-5-4-6-12(16)7-10/h4-7,11H,8-9H2,1-3H3,(H,17,18)(H,19,20). The molecule has 0 radical (unpaired) electrons. The number of hydrogen-bond acceptors (Lipinski definition) is 2. The van der Waals surface area contributed by atoms with E-state index in [4.69, 9.17) is 5.11 Å². The van der Waals surface area contributed by atoms with Gasteiger partial charge in [-0.15, -0.1) is 0 Å². The third-order valence-electron chi connectivity index (χ3n) is 2.80. The van der Waals surface area contributed by atoms with Crippen LogP contribution in [0.3, 0.4) is 0 Å². The van der Waals surface area contributed by atoms with Crippen molar-refractivity contribution in [3.8, 4) is 0 Å². The first-order valence-corrected chi connectivity index (χ1v) is 6.45. The smallest absolute Gasteiger partial charge is 0.308 e. The van der Waals surface area contributed by atoms with Crippen molar-refractivity contribution in [3.05, 3.63) is 35.6 Å². The van der Waals surface area contributed by atoms with E-state index in [1.54, 1.807) is 0 Å². The molecule has 110 valence electrons. The Morgan fingerprint density at radius 2 is 2.00 bits per heavy atom. The van der Waals surface area contributed by atoms with Gasteiger partial charge in [-0.3, -0.25) is 9.59 Å². The van der Waals surface area contributed by atoms with Crippen molar-refractivity contribution in [2.75, 3.05) is 6.54 Å². The molecule has 1 unspecified atom stereocenters. The van der Waals surface area contributed by atoms with Crippen molar-refractivity contribution in [2.24, 2.45) is 11.3 Å². The highest BCUT2D eigenvalue weighted by molar-refractivity contribution is 5.94. The first-order chi connectivity index (χ1) is 9.19. The maximum Gasteiger partial charge on any atom is 0.308 e. The van der Waals surface area contributed by atoms with Gasteiger partial charge >= 0.3 is 5.97 Å². The lowest BCUT2D eigenvalue weighted by molar-refractivity contribution is -0.142. The number of benzene rings is 1. The van der Waals surface area contributed by atoms with Gasteiger partial charge in [-0.25, -0.2) is 4.39 Å². The molecular formula is C15H20FNO3. The maximum absolute atomic E-state index is 13.0. The molecule has 0 fully saturated rings. The summed E-state index contributed by atoms with van der Waals surface area (Å²) in [6.45, 7) is 5.86. The molecule has 0 saturated heterocycles. The van der Waals surface area contributed by atoms with Crippen LogP contribution in [-0.2, 0) is 4.79 Å². The summed E-state index contributed by atoms with van der Waals surface area (Å²) in [6.07, 6.45) is 0.450. The van der Waals surface area contributed by atoms with Gasteiger partial charge in [-0.2, -0.15) is 0 Å². The van der Waals surface area contributed by atoms with Crippen LogP contribution in [0, 0.1) is 17.2 Å². The van der Waals surface area contributed by atoms with E-state index in [-0.39, 0.29) is 17.5 Å². The van der Waals surface area contributed by atoms with E-state index >= 15 is 0 Å². The minimum absolute atomic E-state index is 0.0297. The fraction of sp³-hybridized carbons (Fsp3) is 0.467. The summed E-state index contributed by atoms with van der Waals surface area (Å²) in [5.74, 6) is -2.57. The van der Waals surface area contributed by atoms with Crippen LogP contribution in [0.5, 0.6) is 0 Å². The van der Waals surface area contributed by atoms with Gasteiger partial charge in [0, 0.05) is 12.1 Å². The van der Waals surface area contributed by atoms with Crippen molar-refractivity contribution in [1.29, 1.82) is 0 Å². The fourth-order valence-corrected chi connectivity index (χ4v) is 1.93. The minimum atomic E-state index is -0.945. The van der Waals surface area contributed by atoms with Crippen molar-refractivity contribution < 1.29 is 19.1 Å². The van der Waals surface area contributed by atoms with Gasteiger partial charge in [-0.05, 0) is 30.0 Å². The molecule has 4 nitrogen and oxygen atoms in total. The highest BCUT2D eigenvalue weighted by atomic mass is 19.1. The Morgan fingerprint density at radius 3 is 2.50 bits per heavy atom. The van der Waals surface area contributed by atoms with E-state index in [0.29, 0.717) is 6.42 Å². The SMILES string of the molecule is CC(C)(C)CC(CNC(=O)c1cccc(F)c1)C(=O)O. The van der Waals surface area contributed by atoms with E-state index in [0.717, 1.165) is 6.07 Å². The highest BCUT2D eigenvalue weighted by Gasteiger charge is 2.25. The summed E-state index contributed by atoms with van der Waals surface area (Å²) in [4.78, 5) is 23.0. The summed E-state index contributed by atoms with van der Waals surface area (Å²) in [5.41, 5.74) is 0.0389. The molecule has 0 bridgehead atoms. The van der Waals surface area contributed by atoms with E-state index in [9.17, 15) is 14.0 Å². The Balaban J connectivity index is 2.64. The zero-order valence-electron chi connectivity index (χ0n) is 11.9. The van der Waals surface area contributed by atoms with Crippen LogP contribution in [0.25, 0.3) is 0 Å². The van der Waals surface area contributed by atoms with Crippen molar-refractivity contribution in [1.82, 2.24) is 5.32 Å². The predicted molar refractivity (Wildman–Crippen MR) is 73.9 cm³/mol. The van der Waals surface area contributed by atoms with Crippen LogP contribution in [0.15, 0.2) is 24.3 Å². The number of hydrogen-bond donors (Lipinski definition) is 2. The van der Waals surface area contributed by atoms with Gasteiger partial charge < -0.3 is 10.4 Å². The number of nitrogens with one attached hydrogen (secondary N) is 1. The zero-order valence-corrected chi connectivity index (χ0v) is 11.9. The minimum Gasteiger partial charge on any atom is -0.481 e. The summed E-state index contributed by atoms with van der Waals surface area (Å²) in [5, 5.41) is 11.7. The number of carbonyl (C=O) groups is 2. The van der Waals surface area contributed by atoms with E-state index < -0.39 is 23.6 Å². The number of aliphatic carboxylic acids is 1. The molecule has 0 saturated carbocycles. The maximum atomic E-state index is 13.0. The molecule has 1 amide bonds. The molecule has 1 aromatic carbocycles. The summed E-state index contributed by atoms with van der Waals surface area (Å²) >= 11 is 0. The van der Waals surface area contributed by atoms with Gasteiger partial charge in [0.15, 0.2) is 0 Å². The van der Waals surface area contributed by atoms with Crippen LogP contribution < -0.4 is 5.32 Å². The lowest BCUT2D eigenvalue weighted by atomic mass is 9.84. The van der Waals surface area contributed by atoms with E-state index in [1.807, 2.05) is 20.8 Å². The largest absolute Gasteiger partial charge is 0.481 e. The molecular weight excluding hydrogens is 261 g/mol. The first kappa shape index (κ1) is 16.1. The Morgan fingerprint density at radius 1 is 1.35 bits per heavy atom. The molecule has 5 heteroatoms. The summed E-state index contributed by atoms with van der Waals surface area (Å²) in [6, 6.07) is 5.29. The molecule has 0 aliphatic rings. The van der Waals surface area contributed by atoms with Gasteiger partial charge in [-0.1, -0.05) is 26.8 Å². The molecule has 0 heterocycles. The Kier molecular flexibility index (Phi) is 5.25. The molecule has 0 aromatic heterocycles. The van der Waals surface area contributed by atoms with Crippen LogP contribution in [0.2, 0.25) is 0 Å². The number of carboxylic acids is 1. The quantitative estimate of drug-likeness (QED) is 0.872. The number of carboxylic acid groups (broad SMARTS) is 1. The average Bonchev–Trinajstić information content (AvgIpc) is 2.32. The molecule has 1 aromatic rings. The van der Waals surface area contributed by atoms with Crippen LogP contribution in [-0.4, -0.2) is 23.5 Å². The topological polar surface area (TPSA) is 66.4 Å².